The summed E-state index contributed by atoms with van der Waals surface area (Å²) in [4.78, 5) is 27.5. The molecular formula is C15H13BrN2O3. The fraction of sp³-hybridized carbons (Fsp3) is 0.133. The van der Waals surface area contributed by atoms with Crippen LogP contribution in [-0.4, -0.2) is 23.5 Å². The summed E-state index contributed by atoms with van der Waals surface area (Å²) in [6, 6.07) is 9.85. The van der Waals surface area contributed by atoms with Crippen molar-refractivity contribution in [1.82, 2.24) is 4.98 Å². The van der Waals surface area contributed by atoms with Gasteiger partial charge in [-0.1, -0.05) is 15.9 Å². The third-order valence-corrected chi connectivity index (χ3v) is 3.10. The van der Waals surface area contributed by atoms with E-state index in [0.29, 0.717) is 23.6 Å². The van der Waals surface area contributed by atoms with Gasteiger partial charge in [-0.25, -0.2) is 4.79 Å². The number of aromatic nitrogens is 1. The Morgan fingerprint density at radius 3 is 2.57 bits per heavy atom. The summed E-state index contributed by atoms with van der Waals surface area (Å²) < 4.78 is 5.67. The zero-order valence-electron chi connectivity index (χ0n) is 11.3. The van der Waals surface area contributed by atoms with E-state index >= 15 is 0 Å². The van der Waals surface area contributed by atoms with Gasteiger partial charge < -0.3 is 10.1 Å². The molecule has 0 radical (unpaired) electrons. The van der Waals surface area contributed by atoms with E-state index in [-0.39, 0.29) is 11.9 Å². The molecule has 0 saturated heterocycles. The Labute approximate surface area is 130 Å². The molecule has 5 nitrogen and oxygen atoms in total. The number of rotatable bonds is 4. The van der Waals surface area contributed by atoms with Crippen molar-refractivity contribution in [2.24, 2.45) is 0 Å². The summed E-state index contributed by atoms with van der Waals surface area (Å²) in [6.45, 7) is 2.07. The van der Waals surface area contributed by atoms with Crippen molar-refractivity contribution in [3.8, 4) is 0 Å². The highest BCUT2D eigenvalue weighted by Crippen LogP contribution is 2.13. The van der Waals surface area contributed by atoms with Crippen molar-refractivity contribution in [3.05, 3.63) is 58.3 Å². The minimum absolute atomic E-state index is 0.304. The van der Waals surface area contributed by atoms with Gasteiger partial charge >= 0.3 is 5.97 Å². The number of carbonyl (C=O) groups is 2. The minimum Gasteiger partial charge on any atom is -0.462 e. The topological polar surface area (TPSA) is 68.3 Å². The van der Waals surface area contributed by atoms with Crippen molar-refractivity contribution >= 4 is 33.5 Å². The van der Waals surface area contributed by atoms with E-state index in [2.05, 4.69) is 26.2 Å². The third kappa shape index (κ3) is 4.13. The van der Waals surface area contributed by atoms with Crippen LogP contribution in [0.25, 0.3) is 0 Å². The van der Waals surface area contributed by atoms with Crippen molar-refractivity contribution in [2.75, 3.05) is 11.9 Å². The van der Waals surface area contributed by atoms with Crippen LogP contribution in [0.1, 0.15) is 27.8 Å². The van der Waals surface area contributed by atoms with E-state index in [0.717, 1.165) is 4.47 Å². The Bertz CT molecular complexity index is 656. The lowest BCUT2D eigenvalue weighted by molar-refractivity contribution is 0.0526. The molecule has 1 heterocycles. The first-order valence-electron chi connectivity index (χ1n) is 6.30. The molecule has 0 atom stereocenters. The molecule has 0 saturated carbocycles. The number of anilines is 1. The second-order valence-corrected chi connectivity index (χ2v) is 5.03. The molecule has 1 amide bonds. The molecule has 0 aliphatic heterocycles. The number of halogens is 1. The van der Waals surface area contributed by atoms with Crippen molar-refractivity contribution in [1.29, 1.82) is 0 Å². The van der Waals surface area contributed by atoms with Gasteiger partial charge in [-0.05, 0) is 43.3 Å². The fourth-order valence-electron chi connectivity index (χ4n) is 1.63. The van der Waals surface area contributed by atoms with Gasteiger partial charge in [0.05, 0.1) is 12.2 Å². The zero-order chi connectivity index (χ0) is 15.2. The normalized spacial score (nSPS) is 10.0. The second kappa shape index (κ2) is 6.99. The van der Waals surface area contributed by atoms with Gasteiger partial charge in [0.15, 0.2) is 0 Å². The molecule has 0 aliphatic rings. The molecule has 0 aliphatic carbocycles. The smallest absolute Gasteiger partial charge is 0.338 e. The summed E-state index contributed by atoms with van der Waals surface area (Å²) in [5.74, 6) is -0.704. The van der Waals surface area contributed by atoms with Crippen LogP contribution in [0.3, 0.4) is 0 Å². The van der Waals surface area contributed by atoms with E-state index in [1.165, 1.54) is 0 Å². The molecule has 108 valence electrons. The molecule has 0 spiro atoms. The monoisotopic (exact) mass is 348 g/mol. The van der Waals surface area contributed by atoms with E-state index < -0.39 is 0 Å². The Hall–Kier alpha value is -2.21. The molecule has 0 bridgehead atoms. The van der Waals surface area contributed by atoms with E-state index in [1.807, 2.05) is 0 Å². The average molecular weight is 349 g/mol. The molecule has 2 rings (SSSR count). The van der Waals surface area contributed by atoms with Crippen LogP contribution in [0.4, 0.5) is 5.69 Å². The molecule has 2 aromatic rings. The average Bonchev–Trinajstić information content (AvgIpc) is 2.48. The molecule has 0 unspecified atom stereocenters. The first-order chi connectivity index (χ1) is 10.1. The third-order valence-electron chi connectivity index (χ3n) is 2.61. The maximum absolute atomic E-state index is 12.0. The molecular weight excluding hydrogens is 336 g/mol. The second-order valence-electron chi connectivity index (χ2n) is 4.11. The standard InChI is InChI=1S/C15H13BrN2O3/c1-2-21-15(20)10-3-5-12(6-4-10)18-14(19)13-9-11(16)7-8-17-13/h3-9H,2H2,1H3,(H,18,19). The van der Waals surface area contributed by atoms with Crippen LogP contribution in [0.15, 0.2) is 47.1 Å². The largest absolute Gasteiger partial charge is 0.462 e. The molecule has 1 N–H and O–H groups in total. The number of nitrogens with zero attached hydrogens (tertiary/aromatic N) is 1. The SMILES string of the molecule is CCOC(=O)c1ccc(NC(=O)c2cc(Br)ccn2)cc1. The molecule has 21 heavy (non-hydrogen) atoms. The lowest BCUT2D eigenvalue weighted by Crippen LogP contribution is -2.13. The summed E-state index contributed by atoms with van der Waals surface area (Å²) in [6.07, 6.45) is 1.54. The maximum atomic E-state index is 12.0. The lowest BCUT2D eigenvalue weighted by Gasteiger charge is -2.06. The number of benzene rings is 1. The van der Waals surface area contributed by atoms with Crippen molar-refractivity contribution in [3.63, 3.8) is 0 Å². The number of carbonyl (C=O) groups excluding carboxylic acids is 2. The van der Waals surface area contributed by atoms with Gasteiger partial charge in [0.1, 0.15) is 5.69 Å². The lowest BCUT2D eigenvalue weighted by atomic mass is 10.2. The van der Waals surface area contributed by atoms with Gasteiger partial charge in [-0.2, -0.15) is 0 Å². The van der Waals surface area contributed by atoms with Crippen LogP contribution in [-0.2, 0) is 4.74 Å². The van der Waals surface area contributed by atoms with Gasteiger partial charge in [-0.15, -0.1) is 0 Å². The molecule has 1 aromatic heterocycles. The number of hydrogen-bond acceptors (Lipinski definition) is 4. The van der Waals surface area contributed by atoms with Gasteiger partial charge in [-0.3, -0.25) is 9.78 Å². The molecule has 0 fully saturated rings. The summed E-state index contributed by atoms with van der Waals surface area (Å²) in [7, 11) is 0. The molecule has 6 heteroatoms. The highest BCUT2D eigenvalue weighted by Gasteiger charge is 2.09. The van der Waals surface area contributed by atoms with Crippen LogP contribution < -0.4 is 5.32 Å². The predicted octanol–water partition coefficient (Wildman–Crippen LogP) is 3.27. The van der Waals surface area contributed by atoms with E-state index in [1.54, 1.807) is 49.5 Å². The van der Waals surface area contributed by atoms with Crippen LogP contribution in [0.2, 0.25) is 0 Å². The fourth-order valence-corrected chi connectivity index (χ4v) is 1.96. The van der Waals surface area contributed by atoms with Gasteiger partial charge in [0.25, 0.3) is 5.91 Å². The highest BCUT2D eigenvalue weighted by atomic mass is 79.9. The quantitative estimate of drug-likeness (QED) is 0.861. The van der Waals surface area contributed by atoms with Crippen LogP contribution in [0, 0.1) is 0 Å². The Balaban J connectivity index is 2.06. The van der Waals surface area contributed by atoms with Gasteiger partial charge in [0, 0.05) is 16.4 Å². The summed E-state index contributed by atoms with van der Waals surface area (Å²) in [5, 5.41) is 2.71. The van der Waals surface area contributed by atoms with Crippen molar-refractivity contribution in [2.45, 2.75) is 6.92 Å². The van der Waals surface area contributed by atoms with E-state index in [9.17, 15) is 9.59 Å². The summed E-state index contributed by atoms with van der Waals surface area (Å²) in [5.41, 5.74) is 1.32. The Morgan fingerprint density at radius 2 is 1.95 bits per heavy atom. The number of nitrogens with one attached hydrogen (secondary N) is 1. The maximum Gasteiger partial charge on any atom is 0.338 e. The van der Waals surface area contributed by atoms with Gasteiger partial charge in [0.2, 0.25) is 0 Å². The first-order valence-corrected chi connectivity index (χ1v) is 7.09. The Kier molecular flexibility index (Phi) is 5.05. The number of hydrogen-bond donors (Lipinski definition) is 1. The predicted molar refractivity (Wildman–Crippen MR) is 82.3 cm³/mol. The minimum atomic E-state index is -0.385. The first kappa shape index (κ1) is 15.2. The number of amides is 1. The Morgan fingerprint density at radius 1 is 1.24 bits per heavy atom. The number of ether oxygens (including phenoxy) is 1. The highest BCUT2D eigenvalue weighted by molar-refractivity contribution is 9.10. The van der Waals surface area contributed by atoms with Crippen LogP contribution in [0.5, 0.6) is 0 Å². The summed E-state index contributed by atoms with van der Waals surface area (Å²) >= 11 is 3.28. The number of esters is 1. The zero-order valence-corrected chi connectivity index (χ0v) is 12.9. The van der Waals surface area contributed by atoms with E-state index in [4.69, 9.17) is 4.74 Å². The molecule has 1 aromatic carbocycles. The van der Waals surface area contributed by atoms with Crippen molar-refractivity contribution < 1.29 is 14.3 Å². The van der Waals surface area contributed by atoms with Crippen LogP contribution >= 0.6 is 15.9 Å². The number of pyridine rings is 1.